The number of guanidine groups is 2. The molecule has 6 N–H and O–H groups in total. The minimum atomic E-state index is 0.366. The average Bonchev–Trinajstić information content (AvgIpc) is 2.88. The monoisotopic (exact) mass is 474 g/mol. The summed E-state index contributed by atoms with van der Waals surface area (Å²) < 4.78 is 0. The van der Waals surface area contributed by atoms with Crippen molar-refractivity contribution < 1.29 is 0 Å². The number of anilines is 2. The highest BCUT2D eigenvalue weighted by atomic mass is 15.1. The number of nitrogens with two attached hydrogens (primary N) is 2. The van der Waals surface area contributed by atoms with Crippen molar-refractivity contribution in [2.75, 3.05) is 10.6 Å². The summed E-state index contributed by atoms with van der Waals surface area (Å²) in [5.74, 6) is 0.738. The minimum absolute atomic E-state index is 0.366. The lowest BCUT2D eigenvalue weighted by molar-refractivity contribution is 0.958. The van der Waals surface area contributed by atoms with E-state index in [2.05, 4.69) is 41.0 Å². The number of benzene rings is 4. The molecule has 0 aromatic heterocycles. The van der Waals surface area contributed by atoms with Crippen LogP contribution < -0.4 is 22.1 Å². The molecule has 0 saturated heterocycles. The van der Waals surface area contributed by atoms with Gasteiger partial charge in [-0.25, -0.2) is 9.98 Å². The Labute approximate surface area is 211 Å². The molecular formula is C30H30N6. The van der Waals surface area contributed by atoms with Crippen LogP contribution in [0.2, 0.25) is 0 Å². The van der Waals surface area contributed by atoms with Gasteiger partial charge in [0, 0.05) is 11.4 Å². The summed E-state index contributed by atoms with van der Waals surface area (Å²) in [5.41, 5.74) is 20.9. The lowest BCUT2D eigenvalue weighted by atomic mass is 10.0. The molecule has 6 heteroatoms. The molecule has 5 rings (SSSR count). The first-order valence-electron chi connectivity index (χ1n) is 12.2. The van der Waals surface area contributed by atoms with E-state index in [1.54, 1.807) is 0 Å². The molecule has 0 aliphatic carbocycles. The number of nitrogens with one attached hydrogen (secondary N) is 2. The molecule has 180 valence electrons. The molecule has 0 radical (unpaired) electrons. The van der Waals surface area contributed by atoms with Crippen molar-refractivity contribution in [3.05, 3.63) is 119 Å². The summed E-state index contributed by atoms with van der Waals surface area (Å²) >= 11 is 0. The lowest BCUT2D eigenvalue weighted by Gasteiger charge is -2.13. The second-order valence-corrected chi connectivity index (χ2v) is 8.86. The van der Waals surface area contributed by atoms with Crippen molar-refractivity contribution in [3.63, 3.8) is 0 Å². The Kier molecular flexibility index (Phi) is 6.94. The van der Waals surface area contributed by atoms with Crippen LogP contribution in [0.1, 0.15) is 22.3 Å². The minimum Gasteiger partial charge on any atom is -0.369 e. The number of fused-ring (bicyclic) bond motifs is 5. The van der Waals surface area contributed by atoms with Crippen LogP contribution in [-0.4, -0.2) is 11.9 Å². The largest absolute Gasteiger partial charge is 0.369 e. The summed E-state index contributed by atoms with van der Waals surface area (Å²) in [6, 6.07) is 32.7. The molecule has 6 nitrogen and oxygen atoms in total. The maximum Gasteiger partial charge on any atom is 0.198 e. The van der Waals surface area contributed by atoms with Crippen molar-refractivity contribution >= 4 is 34.7 Å². The molecule has 0 fully saturated rings. The van der Waals surface area contributed by atoms with Crippen LogP contribution in [0.25, 0.3) is 0 Å². The standard InChI is InChI=1S/C30H30N6/c31-29-33-25-12-7-8-21(20-25)16-17-22-9-1-4-13-26(22)35-30(32)36-28-15-6-3-11-24(28)19-18-23-10-2-5-14-27(23)34-29/h1-15,20H,16-19H2,(H3,31,33,34)(H3,32,35,36). The van der Waals surface area contributed by atoms with Gasteiger partial charge in [-0.05, 0) is 78.3 Å². The normalized spacial score (nSPS) is 14.1. The molecule has 4 aromatic carbocycles. The molecule has 0 amide bonds. The van der Waals surface area contributed by atoms with E-state index in [1.165, 1.54) is 11.1 Å². The SMILES string of the molecule is NC1=Nc2ccccc2CCc2ccccc2N=C(N)Nc2ccccc2CCc2cccc(c2)N1. The van der Waals surface area contributed by atoms with E-state index in [0.29, 0.717) is 11.9 Å². The molecule has 0 spiro atoms. The van der Waals surface area contributed by atoms with E-state index in [-0.39, 0.29) is 0 Å². The first-order valence-corrected chi connectivity index (χ1v) is 12.2. The molecule has 0 unspecified atom stereocenters. The Bertz CT molecular complexity index is 1420. The van der Waals surface area contributed by atoms with Crippen LogP contribution >= 0.6 is 0 Å². The van der Waals surface area contributed by atoms with Gasteiger partial charge in [0.2, 0.25) is 0 Å². The van der Waals surface area contributed by atoms with Gasteiger partial charge in [0.05, 0.1) is 11.4 Å². The van der Waals surface area contributed by atoms with Crippen molar-refractivity contribution in [3.8, 4) is 0 Å². The van der Waals surface area contributed by atoms with E-state index in [1.807, 2.05) is 66.7 Å². The third-order valence-corrected chi connectivity index (χ3v) is 6.29. The van der Waals surface area contributed by atoms with E-state index in [9.17, 15) is 0 Å². The van der Waals surface area contributed by atoms with Gasteiger partial charge in [-0.15, -0.1) is 0 Å². The molecular weight excluding hydrogens is 444 g/mol. The summed E-state index contributed by atoms with van der Waals surface area (Å²) in [7, 11) is 0. The number of rotatable bonds is 0. The predicted octanol–water partition coefficient (Wildman–Crippen LogP) is 5.69. The smallest absolute Gasteiger partial charge is 0.198 e. The van der Waals surface area contributed by atoms with Crippen LogP contribution in [-0.2, 0) is 25.7 Å². The van der Waals surface area contributed by atoms with Crippen molar-refractivity contribution in [2.45, 2.75) is 25.7 Å². The highest BCUT2D eigenvalue weighted by Crippen LogP contribution is 2.26. The topological polar surface area (TPSA) is 101 Å². The zero-order valence-electron chi connectivity index (χ0n) is 20.1. The fourth-order valence-corrected chi connectivity index (χ4v) is 4.48. The quantitative estimate of drug-likeness (QED) is 0.263. The summed E-state index contributed by atoms with van der Waals surface area (Å²) in [6.45, 7) is 0. The molecule has 1 heterocycles. The molecule has 1 aliphatic heterocycles. The lowest BCUT2D eigenvalue weighted by Crippen LogP contribution is -2.23. The number of aliphatic imine (C=N–C) groups is 2. The van der Waals surface area contributed by atoms with Crippen LogP contribution in [0, 0.1) is 0 Å². The summed E-state index contributed by atoms with van der Waals surface area (Å²) in [4.78, 5) is 9.43. The number of hydrogen-bond acceptors (Lipinski definition) is 6. The summed E-state index contributed by atoms with van der Waals surface area (Å²) in [6.07, 6.45) is 3.32. The Morgan fingerprint density at radius 3 is 1.78 bits per heavy atom. The molecule has 0 saturated carbocycles. The van der Waals surface area contributed by atoms with E-state index >= 15 is 0 Å². The number of para-hydroxylation sites is 3. The number of nitrogens with zero attached hydrogens (tertiary/aromatic N) is 2. The van der Waals surface area contributed by atoms with Crippen molar-refractivity contribution in [1.29, 1.82) is 0 Å². The van der Waals surface area contributed by atoms with E-state index in [4.69, 9.17) is 21.5 Å². The van der Waals surface area contributed by atoms with Gasteiger partial charge in [0.1, 0.15) is 0 Å². The predicted molar refractivity (Wildman–Crippen MR) is 150 cm³/mol. The highest BCUT2D eigenvalue weighted by Gasteiger charge is 2.09. The second kappa shape index (κ2) is 10.8. The van der Waals surface area contributed by atoms with Gasteiger partial charge in [0.15, 0.2) is 11.9 Å². The molecule has 1 aliphatic rings. The van der Waals surface area contributed by atoms with Gasteiger partial charge < -0.3 is 22.1 Å². The van der Waals surface area contributed by atoms with Gasteiger partial charge >= 0.3 is 0 Å². The first kappa shape index (κ1) is 23.2. The zero-order valence-corrected chi connectivity index (χ0v) is 20.1. The van der Waals surface area contributed by atoms with Gasteiger partial charge in [-0.1, -0.05) is 66.7 Å². The third kappa shape index (κ3) is 5.73. The Hall–Kier alpha value is -4.58. The van der Waals surface area contributed by atoms with Crippen LogP contribution in [0.15, 0.2) is 107 Å². The van der Waals surface area contributed by atoms with Gasteiger partial charge in [0.25, 0.3) is 0 Å². The average molecular weight is 475 g/mol. The Morgan fingerprint density at radius 2 is 1.08 bits per heavy atom. The van der Waals surface area contributed by atoms with Crippen LogP contribution in [0.3, 0.4) is 0 Å². The highest BCUT2D eigenvalue weighted by molar-refractivity contribution is 5.95. The molecule has 36 heavy (non-hydrogen) atoms. The van der Waals surface area contributed by atoms with Gasteiger partial charge in [-0.2, -0.15) is 0 Å². The van der Waals surface area contributed by atoms with E-state index < -0.39 is 0 Å². The van der Waals surface area contributed by atoms with Crippen LogP contribution in [0.5, 0.6) is 0 Å². The third-order valence-electron chi connectivity index (χ3n) is 6.29. The Morgan fingerprint density at radius 1 is 0.528 bits per heavy atom. The van der Waals surface area contributed by atoms with E-state index in [0.717, 1.165) is 59.6 Å². The molecule has 4 aromatic rings. The summed E-state index contributed by atoms with van der Waals surface area (Å²) in [5, 5.41) is 6.58. The fraction of sp³-hybridized carbons (Fsp3) is 0.133. The molecule has 2 bridgehead atoms. The van der Waals surface area contributed by atoms with Crippen molar-refractivity contribution in [1.82, 2.24) is 0 Å². The zero-order chi connectivity index (χ0) is 24.7. The maximum atomic E-state index is 6.38. The fourth-order valence-electron chi connectivity index (χ4n) is 4.48. The number of aryl methyl sites for hydroxylation is 4. The number of hydrogen-bond donors (Lipinski definition) is 4. The maximum absolute atomic E-state index is 6.38. The van der Waals surface area contributed by atoms with Gasteiger partial charge in [-0.3, -0.25) is 0 Å². The Balaban J connectivity index is 1.55. The van der Waals surface area contributed by atoms with Crippen LogP contribution in [0.4, 0.5) is 22.7 Å². The molecule has 0 atom stereocenters. The first-order chi connectivity index (χ1) is 17.6. The van der Waals surface area contributed by atoms with Crippen molar-refractivity contribution in [2.24, 2.45) is 21.5 Å². The second-order valence-electron chi connectivity index (χ2n) is 8.86.